The van der Waals surface area contributed by atoms with Crippen LogP contribution < -0.4 is 9.64 Å². The number of ether oxygens (including phenoxy) is 1. The Kier molecular flexibility index (Phi) is 4.80. The highest BCUT2D eigenvalue weighted by Gasteiger charge is 2.24. The van der Waals surface area contributed by atoms with Crippen LogP contribution in [0.25, 0.3) is 0 Å². The molecule has 0 atom stereocenters. The molecule has 1 amide bonds. The van der Waals surface area contributed by atoms with Crippen molar-refractivity contribution in [2.24, 2.45) is 0 Å². The number of carbonyl (C=O) groups excluding carboxylic acids is 1. The van der Waals surface area contributed by atoms with Gasteiger partial charge in [-0.05, 0) is 45.3 Å². The molecule has 114 valence electrons. The summed E-state index contributed by atoms with van der Waals surface area (Å²) in [6, 6.07) is 4.63. The van der Waals surface area contributed by atoms with Gasteiger partial charge in [0.25, 0.3) is 0 Å². The minimum atomic E-state index is -1.01. The van der Waals surface area contributed by atoms with Crippen LogP contribution in [0.15, 0.2) is 18.2 Å². The molecule has 1 heterocycles. The summed E-state index contributed by atoms with van der Waals surface area (Å²) in [5.74, 6) is -0.478. The van der Waals surface area contributed by atoms with Crippen molar-refractivity contribution in [2.45, 2.75) is 12.8 Å². The third kappa shape index (κ3) is 3.72. The van der Waals surface area contributed by atoms with E-state index in [1.807, 2.05) is 19.0 Å². The van der Waals surface area contributed by atoms with Crippen LogP contribution in [0.1, 0.15) is 23.2 Å². The number of carboxylic acids is 1. The highest BCUT2D eigenvalue weighted by molar-refractivity contribution is 5.98. The largest absolute Gasteiger partial charge is 0.491 e. The lowest BCUT2D eigenvalue weighted by molar-refractivity contribution is -0.118. The van der Waals surface area contributed by atoms with Crippen LogP contribution in [0, 0.1) is 0 Å². The van der Waals surface area contributed by atoms with E-state index in [9.17, 15) is 9.59 Å². The van der Waals surface area contributed by atoms with E-state index in [2.05, 4.69) is 0 Å². The van der Waals surface area contributed by atoms with Crippen molar-refractivity contribution in [1.29, 1.82) is 0 Å². The number of carboxylic acid groups (broad SMARTS) is 1. The van der Waals surface area contributed by atoms with E-state index in [4.69, 9.17) is 9.84 Å². The van der Waals surface area contributed by atoms with Gasteiger partial charge in [-0.3, -0.25) is 4.79 Å². The Morgan fingerprint density at radius 2 is 2.19 bits per heavy atom. The predicted molar refractivity (Wildman–Crippen MR) is 79.0 cm³/mol. The Bertz CT molecular complexity index is 542. The van der Waals surface area contributed by atoms with Crippen LogP contribution >= 0.6 is 0 Å². The van der Waals surface area contributed by atoms with Gasteiger partial charge in [-0.2, -0.15) is 0 Å². The van der Waals surface area contributed by atoms with Gasteiger partial charge in [-0.1, -0.05) is 0 Å². The summed E-state index contributed by atoms with van der Waals surface area (Å²) < 4.78 is 5.55. The smallest absolute Gasteiger partial charge is 0.335 e. The number of hydrogen-bond donors (Lipinski definition) is 1. The molecule has 1 aliphatic rings. The molecule has 0 fully saturated rings. The molecule has 0 spiro atoms. The Morgan fingerprint density at radius 3 is 2.86 bits per heavy atom. The SMILES string of the molecule is CN(C)CCCN1C(=O)CCOc2ccc(C(=O)O)cc21. The van der Waals surface area contributed by atoms with Crippen LogP contribution in [0.5, 0.6) is 5.75 Å². The highest BCUT2D eigenvalue weighted by Crippen LogP contribution is 2.32. The van der Waals surface area contributed by atoms with E-state index in [1.165, 1.54) is 12.1 Å². The number of amides is 1. The number of anilines is 1. The van der Waals surface area contributed by atoms with Gasteiger partial charge in [-0.15, -0.1) is 0 Å². The Morgan fingerprint density at radius 1 is 1.43 bits per heavy atom. The van der Waals surface area contributed by atoms with Crippen LogP contribution in [0.3, 0.4) is 0 Å². The van der Waals surface area contributed by atoms with E-state index in [0.717, 1.165) is 13.0 Å². The molecule has 1 aromatic carbocycles. The summed E-state index contributed by atoms with van der Waals surface area (Å²) in [4.78, 5) is 27.0. The number of nitrogens with zero attached hydrogens (tertiary/aromatic N) is 2. The molecule has 0 saturated carbocycles. The Labute approximate surface area is 123 Å². The Hall–Kier alpha value is -2.08. The zero-order valence-electron chi connectivity index (χ0n) is 12.3. The van der Waals surface area contributed by atoms with Crippen LogP contribution in [0.2, 0.25) is 0 Å². The normalized spacial score (nSPS) is 14.6. The first kappa shape index (κ1) is 15.3. The van der Waals surface area contributed by atoms with E-state index < -0.39 is 5.97 Å². The molecule has 0 aromatic heterocycles. The van der Waals surface area contributed by atoms with E-state index >= 15 is 0 Å². The van der Waals surface area contributed by atoms with Crippen molar-refractivity contribution in [3.8, 4) is 5.75 Å². The van der Waals surface area contributed by atoms with Crippen LogP contribution in [-0.2, 0) is 4.79 Å². The van der Waals surface area contributed by atoms with Gasteiger partial charge in [0.2, 0.25) is 5.91 Å². The second kappa shape index (κ2) is 6.58. The lowest BCUT2D eigenvalue weighted by Crippen LogP contribution is -2.33. The van der Waals surface area contributed by atoms with Gasteiger partial charge in [0.1, 0.15) is 5.75 Å². The minimum Gasteiger partial charge on any atom is -0.491 e. The zero-order chi connectivity index (χ0) is 15.4. The maximum absolute atomic E-state index is 12.2. The average molecular weight is 292 g/mol. The molecule has 1 aliphatic heterocycles. The molecule has 1 aromatic rings. The van der Waals surface area contributed by atoms with Crippen molar-refractivity contribution in [1.82, 2.24) is 4.90 Å². The second-order valence-corrected chi connectivity index (χ2v) is 5.29. The molecular formula is C15H20N2O4. The van der Waals surface area contributed by atoms with Crippen LogP contribution in [0.4, 0.5) is 5.69 Å². The number of fused-ring (bicyclic) bond motifs is 1. The topological polar surface area (TPSA) is 70.1 Å². The van der Waals surface area contributed by atoms with Gasteiger partial charge in [0.05, 0.1) is 24.3 Å². The third-order valence-corrected chi connectivity index (χ3v) is 3.36. The van der Waals surface area contributed by atoms with E-state index in [-0.39, 0.29) is 11.5 Å². The maximum atomic E-state index is 12.2. The molecule has 0 bridgehead atoms. The standard InChI is InChI=1S/C15H20N2O4/c1-16(2)7-3-8-17-12-10-11(15(19)20)4-5-13(12)21-9-6-14(17)18/h4-5,10H,3,6-9H2,1-2H3,(H,19,20). The summed E-state index contributed by atoms with van der Waals surface area (Å²) in [7, 11) is 3.95. The number of hydrogen-bond acceptors (Lipinski definition) is 4. The third-order valence-electron chi connectivity index (χ3n) is 3.36. The molecule has 0 unspecified atom stereocenters. The zero-order valence-corrected chi connectivity index (χ0v) is 12.3. The quantitative estimate of drug-likeness (QED) is 0.889. The number of benzene rings is 1. The van der Waals surface area contributed by atoms with Gasteiger partial charge in [0, 0.05) is 6.54 Å². The Balaban J connectivity index is 2.28. The van der Waals surface area contributed by atoms with Gasteiger partial charge in [-0.25, -0.2) is 4.79 Å². The highest BCUT2D eigenvalue weighted by atomic mass is 16.5. The van der Waals surface area contributed by atoms with Crippen molar-refractivity contribution in [3.63, 3.8) is 0 Å². The fourth-order valence-corrected chi connectivity index (χ4v) is 2.29. The second-order valence-electron chi connectivity index (χ2n) is 5.29. The monoisotopic (exact) mass is 292 g/mol. The number of aromatic carboxylic acids is 1. The molecule has 0 aliphatic carbocycles. The summed E-state index contributed by atoms with van der Waals surface area (Å²) in [5, 5.41) is 9.11. The molecule has 1 N–H and O–H groups in total. The molecule has 6 heteroatoms. The van der Waals surface area contributed by atoms with Crippen molar-refractivity contribution in [2.75, 3.05) is 38.7 Å². The lowest BCUT2D eigenvalue weighted by atomic mass is 10.1. The predicted octanol–water partition coefficient (Wildman–Crippen LogP) is 1.45. The average Bonchev–Trinajstić information content (AvgIpc) is 2.57. The first-order valence-electron chi connectivity index (χ1n) is 6.94. The molecular weight excluding hydrogens is 272 g/mol. The summed E-state index contributed by atoms with van der Waals surface area (Å²) in [5.41, 5.74) is 0.709. The number of rotatable bonds is 5. The maximum Gasteiger partial charge on any atom is 0.335 e. The molecule has 0 radical (unpaired) electrons. The minimum absolute atomic E-state index is 0.0324. The summed E-state index contributed by atoms with van der Waals surface area (Å²) in [6.45, 7) is 1.73. The molecule has 21 heavy (non-hydrogen) atoms. The fraction of sp³-hybridized carbons (Fsp3) is 0.467. The molecule has 6 nitrogen and oxygen atoms in total. The summed E-state index contributed by atoms with van der Waals surface area (Å²) in [6.07, 6.45) is 1.12. The lowest BCUT2D eigenvalue weighted by Gasteiger charge is -2.23. The van der Waals surface area contributed by atoms with Crippen molar-refractivity contribution in [3.05, 3.63) is 23.8 Å². The van der Waals surface area contributed by atoms with E-state index in [0.29, 0.717) is 31.0 Å². The number of carbonyl (C=O) groups is 2. The van der Waals surface area contributed by atoms with Crippen molar-refractivity contribution < 1.29 is 19.4 Å². The first-order valence-corrected chi connectivity index (χ1v) is 6.94. The summed E-state index contributed by atoms with van der Waals surface area (Å²) >= 11 is 0. The van der Waals surface area contributed by atoms with Gasteiger partial charge in [0.15, 0.2) is 0 Å². The van der Waals surface area contributed by atoms with Crippen molar-refractivity contribution >= 4 is 17.6 Å². The molecule has 2 rings (SSSR count). The first-order chi connectivity index (χ1) is 9.99. The van der Waals surface area contributed by atoms with Crippen LogP contribution in [-0.4, -0.2) is 55.7 Å². The van der Waals surface area contributed by atoms with Gasteiger partial charge >= 0.3 is 5.97 Å². The van der Waals surface area contributed by atoms with Gasteiger partial charge < -0.3 is 19.6 Å². The molecule has 0 saturated heterocycles. The fourth-order valence-electron chi connectivity index (χ4n) is 2.29. The van der Waals surface area contributed by atoms with E-state index in [1.54, 1.807) is 11.0 Å².